The van der Waals surface area contributed by atoms with Crippen molar-refractivity contribution in [3.05, 3.63) is 59.7 Å². The van der Waals surface area contributed by atoms with Crippen LogP contribution in [0.15, 0.2) is 47.4 Å². The van der Waals surface area contributed by atoms with Gasteiger partial charge in [-0.05, 0) is 29.8 Å². The van der Waals surface area contributed by atoms with Crippen LogP contribution < -0.4 is 10.5 Å². The summed E-state index contributed by atoms with van der Waals surface area (Å²) in [5.41, 5.74) is 5.61. The molecule has 4 nitrogen and oxygen atoms in total. The van der Waals surface area contributed by atoms with Gasteiger partial charge >= 0.3 is 0 Å². The Bertz CT molecular complexity index is 733. The van der Waals surface area contributed by atoms with E-state index in [0.717, 1.165) is 12.1 Å². The summed E-state index contributed by atoms with van der Waals surface area (Å²) in [7, 11) is -4.00. The van der Waals surface area contributed by atoms with Gasteiger partial charge in [-0.2, -0.15) is 0 Å². The predicted octanol–water partition coefficient (Wildman–Crippen LogP) is 2.22. The molecule has 2 aromatic rings. The smallest absolute Gasteiger partial charge is 0.261 e. The van der Waals surface area contributed by atoms with Gasteiger partial charge in [0.2, 0.25) is 0 Å². The van der Waals surface area contributed by atoms with Crippen LogP contribution in [0.25, 0.3) is 0 Å². The van der Waals surface area contributed by atoms with E-state index < -0.39 is 27.3 Å². The molecule has 0 spiro atoms. The summed E-state index contributed by atoms with van der Waals surface area (Å²) in [6.07, 6.45) is 0. The second-order valence-corrected chi connectivity index (χ2v) is 5.74. The van der Waals surface area contributed by atoms with Crippen LogP contribution in [0.2, 0.25) is 0 Å². The third-order valence-electron chi connectivity index (χ3n) is 2.64. The van der Waals surface area contributed by atoms with E-state index >= 15 is 0 Å². The Morgan fingerprint density at radius 2 is 1.80 bits per heavy atom. The van der Waals surface area contributed by atoms with Crippen molar-refractivity contribution >= 4 is 15.7 Å². The van der Waals surface area contributed by atoms with Gasteiger partial charge in [0.05, 0.1) is 10.6 Å². The quantitative estimate of drug-likeness (QED) is 0.909. The second-order valence-electron chi connectivity index (χ2n) is 4.06. The largest absolute Gasteiger partial charge is 0.326 e. The molecule has 0 amide bonds. The molecule has 0 saturated carbocycles. The molecule has 0 aliphatic rings. The SMILES string of the molecule is NCc1cccc(S(=O)(=O)Nc2cccc(F)c2F)c1. The third kappa shape index (κ3) is 2.94. The molecule has 0 fully saturated rings. The summed E-state index contributed by atoms with van der Waals surface area (Å²) in [5, 5.41) is 0. The van der Waals surface area contributed by atoms with Crippen LogP contribution in [0.5, 0.6) is 0 Å². The maximum atomic E-state index is 13.5. The Labute approximate surface area is 115 Å². The zero-order valence-electron chi connectivity index (χ0n) is 10.3. The number of hydrogen-bond donors (Lipinski definition) is 2. The molecule has 7 heteroatoms. The molecule has 3 N–H and O–H groups in total. The van der Waals surface area contributed by atoms with Gasteiger partial charge in [-0.15, -0.1) is 0 Å². The molecule has 0 bridgehead atoms. The average Bonchev–Trinajstić information content (AvgIpc) is 2.44. The lowest BCUT2D eigenvalue weighted by atomic mass is 10.2. The van der Waals surface area contributed by atoms with Gasteiger partial charge in [-0.1, -0.05) is 18.2 Å². The monoisotopic (exact) mass is 298 g/mol. The Morgan fingerprint density at radius 3 is 2.50 bits per heavy atom. The van der Waals surface area contributed by atoms with E-state index in [9.17, 15) is 17.2 Å². The number of halogens is 2. The summed E-state index contributed by atoms with van der Waals surface area (Å²) < 4.78 is 52.7. The lowest BCUT2D eigenvalue weighted by Crippen LogP contribution is -2.15. The second kappa shape index (κ2) is 5.56. The molecule has 0 saturated heterocycles. The normalized spacial score (nSPS) is 11.3. The van der Waals surface area contributed by atoms with Crippen LogP contribution in [0.3, 0.4) is 0 Å². The minimum atomic E-state index is -4.00. The van der Waals surface area contributed by atoms with Crippen molar-refractivity contribution in [2.24, 2.45) is 5.73 Å². The molecule has 106 valence electrons. The number of anilines is 1. The molecule has 2 aromatic carbocycles. The van der Waals surface area contributed by atoms with Gasteiger partial charge < -0.3 is 5.73 Å². The van der Waals surface area contributed by atoms with E-state index in [1.807, 2.05) is 4.72 Å². The van der Waals surface area contributed by atoms with Crippen molar-refractivity contribution in [1.82, 2.24) is 0 Å². The molecule has 0 unspecified atom stereocenters. The first-order valence-electron chi connectivity index (χ1n) is 5.70. The molecule has 0 aromatic heterocycles. The Kier molecular flexibility index (Phi) is 4.01. The van der Waals surface area contributed by atoms with Gasteiger partial charge in [0.1, 0.15) is 0 Å². The molecule has 0 aliphatic heterocycles. The molecule has 0 atom stereocenters. The number of hydrogen-bond acceptors (Lipinski definition) is 3. The minimum Gasteiger partial charge on any atom is -0.326 e. The van der Waals surface area contributed by atoms with Gasteiger partial charge in [0, 0.05) is 6.54 Å². The van der Waals surface area contributed by atoms with Crippen molar-refractivity contribution in [3.8, 4) is 0 Å². The minimum absolute atomic E-state index is 0.0656. The fourth-order valence-electron chi connectivity index (χ4n) is 1.63. The molecule has 0 radical (unpaired) electrons. The summed E-state index contributed by atoms with van der Waals surface area (Å²) in [4.78, 5) is -0.0656. The van der Waals surface area contributed by atoms with Crippen molar-refractivity contribution in [1.29, 1.82) is 0 Å². The summed E-state index contributed by atoms with van der Waals surface area (Å²) in [6.45, 7) is 0.178. The van der Waals surface area contributed by atoms with Crippen molar-refractivity contribution in [2.45, 2.75) is 11.4 Å². The van der Waals surface area contributed by atoms with Crippen LogP contribution in [0.1, 0.15) is 5.56 Å². The highest BCUT2D eigenvalue weighted by Gasteiger charge is 2.17. The molecule has 20 heavy (non-hydrogen) atoms. The molecule has 2 rings (SSSR count). The van der Waals surface area contributed by atoms with E-state index in [1.165, 1.54) is 24.3 Å². The third-order valence-corrected chi connectivity index (χ3v) is 4.00. The fraction of sp³-hybridized carbons (Fsp3) is 0.0769. The Hall–Kier alpha value is -1.99. The van der Waals surface area contributed by atoms with Crippen LogP contribution in [-0.4, -0.2) is 8.42 Å². The fourth-order valence-corrected chi connectivity index (χ4v) is 2.76. The van der Waals surface area contributed by atoms with Crippen LogP contribution in [-0.2, 0) is 16.6 Å². The summed E-state index contributed by atoms with van der Waals surface area (Å²) in [6, 6.07) is 9.18. The van der Waals surface area contributed by atoms with Crippen LogP contribution in [0, 0.1) is 11.6 Å². The zero-order chi connectivity index (χ0) is 14.8. The van der Waals surface area contributed by atoms with E-state index in [1.54, 1.807) is 6.07 Å². The lowest BCUT2D eigenvalue weighted by molar-refractivity contribution is 0.511. The lowest BCUT2D eigenvalue weighted by Gasteiger charge is -2.10. The number of sulfonamides is 1. The van der Waals surface area contributed by atoms with Gasteiger partial charge in [0.15, 0.2) is 11.6 Å². The average molecular weight is 298 g/mol. The van der Waals surface area contributed by atoms with Gasteiger partial charge in [-0.3, -0.25) is 4.72 Å². The summed E-state index contributed by atoms with van der Waals surface area (Å²) >= 11 is 0. The van der Waals surface area contributed by atoms with E-state index in [4.69, 9.17) is 5.73 Å². The molecule has 0 aliphatic carbocycles. The Balaban J connectivity index is 2.38. The molecular formula is C13H12F2N2O2S. The first-order chi connectivity index (χ1) is 9.44. The topological polar surface area (TPSA) is 72.2 Å². The number of nitrogens with two attached hydrogens (primary N) is 1. The zero-order valence-corrected chi connectivity index (χ0v) is 11.1. The number of rotatable bonds is 4. The van der Waals surface area contributed by atoms with E-state index in [0.29, 0.717) is 5.56 Å². The van der Waals surface area contributed by atoms with Crippen molar-refractivity contribution < 1.29 is 17.2 Å². The number of benzene rings is 2. The maximum absolute atomic E-state index is 13.5. The first-order valence-corrected chi connectivity index (χ1v) is 7.18. The molecular weight excluding hydrogens is 286 g/mol. The van der Waals surface area contributed by atoms with Gasteiger partial charge in [0.25, 0.3) is 10.0 Å². The number of nitrogens with one attached hydrogen (secondary N) is 1. The van der Waals surface area contributed by atoms with Crippen molar-refractivity contribution in [3.63, 3.8) is 0 Å². The highest BCUT2D eigenvalue weighted by Crippen LogP contribution is 2.21. The first kappa shape index (κ1) is 14.4. The van der Waals surface area contributed by atoms with Crippen LogP contribution in [0.4, 0.5) is 14.5 Å². The highest BCUT2D eigenvalue weighted by molar-refractivity contribution is 7.92. The Morgan fingerprint density at radius 1 is 1.10 bits per heavy atom. The molecule has 0 heterocycles. The van der Waals surface area contributed by atoms with Crippen LogP contribution >= 0.6 is 0 Å². The maximum Gasteiger partial charge on any atom is 0.261 e. The highest BCUT2D eigenvalue weighted by atomic mass is 32.2. The van der Waals surface area contributed by atoms with E-state index in [2.05, 4.69) is 0 Å². The van der Waals surface area contributed by atoms with Crippen molar-refractivity contribution in [2.75, 3.05) is 4.72 Å². The van der Waals surface area contributed by atoms with E-state index in [-0.39, 0.29) is 11.4 Å². The standard InChI is InChI=1S/C13H12F2N2O2S/c14-11-5-2-6-12(13(11)15)17-20(18,19)10-4-1-3-9(7-10)8-16/h1-7,17H,8,16H2. The van der Waals surface area contributed by atoms with Gasteiger partial charge in [-0.25, -0.2) is 17.2 Å². The predicted molar refractivity (Wildman–Crippen MR) is 71.5 cm³/mol. The summed E-state index contributed by atoms with van der Waals surface area (Å²) in [5.74, 6) is -2.37.